The molecule has 0 amide bonds. The van der Waals surface area contributed by atoms with Crippen LogP contribution in [0.1, 0.15) is 32.6 Å². The molecule has 1 unspecified atom stereocenters. The van der Waals surface area contributed by atoms with Gasteiger partial charge in [0.2, 0.25) is 0 Å². The van der Waals surface area contributed by atoms with E-state index < -0.39 is 9.84 Å². The fourth-order valence-electron chi connectivity index (χ4n) is 2.81. The maximum Gasteiger partial charge on any atom is 0.180 e. The number of para-hydroxylation sites is 1. The summed E-state index contributed by atoms with van der Waals surface area (Å²) in [6.07, 6.45) is 4.12. The average Bonchev–Trinajstić information content (AvgIpc) is 2.47. The molecule has 0 aliphatic carbocycles. The zero-order chi connectivity index (χ0) is 14.6. The van der Waals surface area contributed by atoms with E-state index in [1.807, 2.05) is 25.1 Å². The van der Waals surface area contributed by atoms with Crippen LogP contribution < -0.4 is 4.90 Å². The molecule has 1 heterocycles. The van der Waals surface area contributed by atoms with Gasteiger partial charge in [-0.1, -0.05) is 35.0 Å². The van der Waals surface area contributed by atoms with Gasteiger partial charge in [0.1, 0.15) is 0 Å². The van der Waals surface area contributed by atoms with Crippen molar-refractivity contribution in [2.24, 2.45) is 0 Å². The van der Waals surface area contributed by atoms with Gasteiger partial charge in [0, 0.05) is 17.9 Å². The summed E-state index contributed by atoms with van der Waals surface area (Å²) in [5.74, 6) is 0.219. The van der Waals surface area contributed by atoms with E-state index in [9.17, 15) is 8.42 Å². The highest BCUT2D eigenvalue weighted by molar-refractivity contribution is 9.09. The third-order valence-electron chi connectivity index (χ3n) is 3.79. The quantitative estimate of drug-likeness (QED) is 0.753. The lowest BCUT2D eigenvalue weighted by Gasteiger charge is -2.37. The van der Waals surface area contributed by atoms with Crippen molar-refractivity contribution in [1.29, 1.82) is 0 Å². The van der Waals surface area contributed by atoms with E-state index in [2.05, 4.69) is 20.8 Å². The number of rotatable bonds is 5. The topological polar surface area (TPSA) is 37.4 Å². The Kier molecular flexibility index (Phi) is 5.49. The second-order valence-corrected chi connectivity index (χ2v) is 8.01. The minimum atomic E-state index is -3.18. The van der Waals surface area contributed by atoms with E-state index in [0.29, 0.717) is 17.4 Å². The summed E-state index contributed by atoms with van der Waals surface area (Å²) in [5.41, 5.74) is 0.880. The average molecular weight is 360 g/mol. The Morgan fingerprint density at radius 1 is 1.30 bits per heavy atom. The van der Waals surface area contributed by atoms with Crippen LogP contribution in [0.4, 0.5) is 5.69 Å². The summed E-state index contributed by atoms with van der Waals surface area (Å²) in [6, 6.07) is 7.84. The zero-order valence-corrected chi connectivity index (χ0v) is 14.3. The molecule has 0 saturated carbocycles. The van der Waals surface area contributed by atoms with Gasteiger partial charge in [-0.2, -0.15) is 0 Å². The van der Waals surface area contributed by atoms with E-state index >= 15 is 0 Å². The maximum absolute atomic E-state index is 12.5. The third-order valence-corrected chi connectivity index (χ3v) is 6.50. The van der Waals surface area contributed by atoms with Crippen molar-refractivity contribution in [3.05, 3.63) is 24.3 Å². The molecule has 5 heteroatoms. The highest BCUT2D eigenvalue weighted by Crippen LogP contribution is 2.32. The molecule has 0 bridgehead atoms. The van der Waals surface area contributed by atoms with Gasteiger partial charge in [-0.3, -0.25) is 0 Å². The summed E-state index contributed by atoms with van der Waals surface area (Å²) < 4.78 is 24.9. The molecule has 112 valence electrons. The van der Waals surface area contributed by atoms with Crippen LogP contribution in [-0.2, 0) is 9.84 Å². The molecule has 2 rings (SSSR count). The molecule has 0 N–H and O–H groups in total. The molecule has 1 fully saturated rings. The number of nitrogens with zero attached hydrogens (tertiary/aromatic N) is 1. The largest absolute Gasteiger partial charge is 0.367 e. The molecule has 0 radical (unpaired) electrons. The fraction of sp³-hybridized carbons (Fsp3) is 0.600. The lowest BCUT2D eigenvalue weighted by molar-refractivity contribution is 0.488. The Morgan fingerprint density at radius 3 is 2.75 bits per heavy atom. The third kappa shape index (κ3) is 3.37. The standard InChI is InChI=1S/C15H22BrNO2S/c1-2-11-20(18,19)15-9-4-3-8-14(15)17-10-6-5-7-13(17)12-16/h3-4,8-9,13H,2,5-7,10-12H2,1H3. The van der Waals surface area contributed by atoms with Crippen LogP contribution in [0.5, 0.6) is 0 Å². The lowest BCUT2D eigenvalue weighted by Crippen LogP contribution is -2.41. The van der Waals surface area contributed by atoms with Crippen LogP contribution in [-0.4, -0.2) is 32.1 Å². The van der Waals surface area contributed by atoms with Crippen molar-refractivity contribution in [2.75, 3.05) is 22.5 Å². The van der Waals surface area contributed by atoms with Gasteiger partial charge in [-0.15, -0.1) is 0 Å². The highest BCUT2D eigenvalue weighted by Gasteiger charge is 2.27. The first kappa shape index (κ1) is 15.8. The molecule has 1 aliphatic rings. The number of halogens is 1. The smallest absolute Gasteiger partial charge is 0.180 e. The predicted octanol–water partition coefficient (Wildman–Crippen LogP) is 3.62. The number of hydrogen-bond acceptors (Lipinski definition) is 3. The van der Waals surface area contributed by atoms with E-state index in [1.165, 1.54) is 6.42 Å². The minimum absolute atomic E-state index is 0.219. The number of benzene rings is 1. The molecule has 20 heavy (non-hydrogen) atoms. The number of piperidine rings is 1. The van der Waals surface area contributed by atoms with Gasteiger partial charge in [-0.25, -0.2) is 8.42 Å². The molecule has 1 aromatic carbocycles. The van der Waals surface area contributed by atoms with E-state index in [0.717, 1.165) is 30.4 Å². The molecular formula is C15H22BrNO2S. The van der Waals surface area contributed by atoms with Crippen LogP contribution >= 0.6 is 15.9 Å². The number of sulfone groups is 1. The van der Waals surface area contributed by atoms with Crippen LogP contribution in [0.2, 0.25) is 0 Å². The lowest BCUT2D eigenvalue weighted by atomic mass is 10.0. The van der Waals surface area contributed by atoms with E-state index in [-0.39, 0.29) is 5.75 Å². The molecule has 1 atom stereocenters. The van der Waals surface area contributed by atoms with Gasteiger partial charge < -0.3 is 4.90 Å². The first-order valence-corrected chi connectivity index (χ1v) is 10.0. The van der Waals surface area contributed by atoms with Gasteiger partial charge in [-0.05, 0) is 37.8 Å². The summed E-state index contributed by atoms with van der Waals surface area (Å²) >= 11 is 3.56. The van der Waals surface area contributed by atoms with Crippen LogP contribution in [0.3, 0.4) is 0 Å². The van der Waals surface area contributed by atoms with E-state index in [4.69, 9.17) is 0 Å². The SMILES string of the molecule is CCCS(=O)(=O)c1ccccc1N1CCCCC1CBr. The van der Waals surface area contributed by atoms with Crippen molar-refractivity contribution < 1.29 is 8.42 Å². The Balaban J connectivity index is 2.41. The normalized spacial score (nSPS) is 20.1. The minimum Gasteiger partial charge on any atom is -0.367 e. The van der Waals surface area contributed by atoms with Crippen molar-refractivity contribution >= 4 is 31.5 Å². The first-order chi connectivity index (χ1) is 9.60. The zero-order valence-electron chi connectivity index (χ0n) is 11.9. The summed E-state index contributed by atoms with van der Waals surface area (Å²) in [5, 5.41) is 0.884. The molecule has 1 saturated heterocycles. The predicted molar refractivity (Wildman–Crippen MR) is 87.6 cm³/mol. The highest BCUT2D eigenvalue weighted by atomic mass is 79.9. The Hall–Kier alpha value is -0.550. The van der Waals surface area contributed by atoms with E-state index in [1.54, 1.807) is 6.07 Å². The number of hydrogen-bond donors (Lipinski definition) is 0. The Labute approximate surface area is 130 Å². The van der Waals surface area contributed by atoms with Crippen LogP contribution in [0, 0.1) is 0 Å². The molecule has 3 nitrogen and oxygen atoms in total. The summed E-state index contributed by atoms with van der Waals surface area (Å²) in [7, 11) is -3.18. The number of anilines is 1. The second kappa shape index (κ2) is 6.94. The van der Waals surface area contributed by atoms with Crippen molar-refractivity contribution in [3.63, 3.8) is 0 Å². The van der Waals surface area contributed by atoms with Crippen molar-refractivity contribution in [2.45, 2.75) is 43.5 Å². The summed E-state index contributed by atoms with van der Waals surface area (Å²) in [4.78, 5) is 2.76. The van der Waals surface area contributed by atoms with Crippen molar-refractivity contribution in [1.82, 2.24) is 0 Å². The maximum atomic E-state index is 12.5. The van der Waals surface area contributed by atoms with Crippen LogP contribution in [0.15, 0.2) is 29.2 Å². The molecule has 0 spiro atoms. The molecule has 1 aromatic rings. The number of alkyl halides is 1. The van der Waals surface area contributed by atoms with Gasteiger partial charge in [0.15, 0.2) is 9.84 Å². The molecular weight excluding hydrogens is 338 g/mol. The summed E-state index contributed by atoms with van der Waals surface area (Å²) in [6.45, 7) is 2.84. The van der Waals surface area contributed by atoms with Gasteiger partial charge >= 0.3 is 0 Å². The Bertz CT molecular complexity index is 545. The van der Waals surface area contributed by atoms with Crippen LogP contribution in [0.25, 0.3) is 0 Å². The molecule has 1 aliphatic heterocycles. The monoisotopic (exact) mass is 359 g/mol. The second-order valence-electron chi connectivity index (χ2n) is 5.28. The molecule has 0 aromatic heterocycles. The van der Waals surface area contributed by atoms with Gasteiger partial charge in [0.25, 0.3) is 0 Å². The Morgan fingerprint density at radius 2 is 2.05 bits per heavy atom. The van der Waals surface area contributed by atoms with Crippen molar-refractivity contribution in [3.8, 4) is 0 Å². The van der Waals surface area contributed by atoms with Gasteiger partial charge in [0.05, 0.1) is 16.3 Å². The fourth-order valence-corrected chi connectivity index (χ4v) is 5.03. The first-order valence-electron chi connectivity index (χ1n) is 7.24.